The fourth-order valence-corrected chi connectivity index (χ4v) is 9.15. The van der Waals surface area contributed by atoms with Gasteiger partial charge in [0.05, 0.1) is 49.5 Å². The van der Waals surface area contributed by atoms with Gasteiger partial charge in [-0.25, -0.2) is 9.37 Å². The second-order valence-electron chi connectivity index (χ2n) is 17.5. The number of hydrogen-bond donors (Lipinski definition) is 3. The van der Waals surface area contributed by atoms with E-state index in [0.29, 0.717) is 30.5 Å². The van der Waals surface area contributed by atoms with Gasteiger partial charge in [-0.1, -0.05) is 41.8 Å². The Morgan fingerprint density at radius 1 is 0.970 bits per heavy atom. The molecule has 19 heteroatoms. The third-order valence-corrected chi connectivity index (χ3v) is 13.1. The van der Waals surface area contributed by atoms with Crippen LogP contribution in [0.2, 0.25) is 10.0 Å². The number of imidazole rings is 1. The lowest BCUT2D eigenvalue weighted by Crippen LogP contribution is -2.65. The molecule has 66 heavy (non-hydrogen) atoms. The summed E-state index contributed by atoms with van der Waals surface area (Å²) in [6.45, 7) is 0.804. The lowest BCUT2D eigenvalue weighted by Gasteiger charge is -2.45. The summed E-state index contributed by atoms with van der Waals surface area (Å²) in [6, 6.07) is 13.7. The number of carbonyl (C=O) groups is 4. The highest BCUT2D eigenvalue weighted by molar-refractivity contribution is 6.31. The molecule has 0 spiro atoms. The highest BCUT2D eigenvalue weighted by Crippen LogP contribution is 2.36. The second kappa shape index (κ2) is 20.7. The van der Waals surface area contributed by atoms with Crippen molar-refractivity contribution in [2.24, 2.45) is 13.0 Å². The normalized spacial score (nSPS) is 22.4. The fourth-order valence-electron chi connectivity index (χ4n) is 8.83. The van der Waals surface area contributed by atoms with Crippen molar-refractivity contribution in [3.8, 4) is 22.8 Å². The van der Waals surface area contributed by atoms with Crippen molar-refractivity contribution in [3.05, 3.63) is 99.7 Å². The SMILES string of the molecule is COC[C@@H]1NC(=O)[C@H](C)N(Cc2c(F)cc(Cl)cc2Oc2ccc(-c3cnc(CNC4CCC4)n3C)cc2)C(=O)C[C@@H](CC(F)(F)F)C(=O)N2CCC[C@@](Cc3ccc(Cl)cc3)(C2)NC1=O. The largest absolute Gasteiger partial charge is 0.457 e. The minimum atomic E-state index is -4.87. The topological polar surface area (TPSA) is 147 Å². The van der Waals surface area contributed by atoms with Crippen LogP contribution in [0.4, 0.5) is 17.6 Å². The number of nitrogens with zero attached hydrogens (tertiary/aromatic N) is 4. The molecule has 3 fully saturated rings. The average molecular weight is 959 g/mol. The van der Waals surface area contributed by atoms with Gasteiger partial charge in [-0.05, 0) is 93.1 Å². The number of fused-ring (bicyclic) bond motifs is 2. The zero-order valence-electron chi connectivity index (χ0n) is 36.9. The summed E-state index contributed by atoms with van der Waals surface area (Å²) in [5.41, 5.74) is 0.969. The molecule has 3 heterocycles. The molecule has 4 atom stereocenters. The first-order valence-electron chi connectivity index (χ1n) is 21.9. The maximum absolute atomic E-state index is 16.2. The molecule has 2 saturated heterocycles. The van der Waals surface area contributed by atoms with Crippen LogP contribution in [-0.2, 0) is 50.5 Å². The van der Waals surface area contributed by atoms with Crippen molar-refractivity contribution < 1.29 is 46.2 Å². The maximum atomic E-state index is 16.2. The van der Waals surface area contributed by atoms with E-state index in [2.05, 4.69) is 20.9 Å². The van der Waals surface area contributed by atoms with Gasteiger partial charge in [0.1, 0.15) is 35.2 Å². The first-order chi connectivity index (χ1) is 31.4. The first-order valence-corrected chi connectivity index (χ1v) is 22.7. The molecule has 1 saturated carbocycles. The van der Waals surface area contributed by atoms with E-state index in [0.717, 1.165) is 46.5 Å². The van der Waals surface area contributed by atoms with Crippen molar-refractivity contribution in [1.82, 2.24) is 35.3 Å². The number of piperidine rings is 1. The molecular formula is C47H53Cl2F4N7O6. The zero-order valence-corrected chi connectivity index (χ0v) is 38.4. The lowest BCUT2D eigenvalue weighted by atomic mass is 9.82. The number of amides is 4. The smallest absolute Gasteiger partial charge is 0.389 e. The monoisotopic (exact) mass is 957 g/mol. The third-order valence-electron chi connectivity index (χ3n) is 12.7. The van der Waals surface area contributed by atoms with Gasteiger partial charge in [-0.15, -0.1) is 0 Å². The highest BCUT2D eigenvalue weighted by atomic mass is 35.5. The molecule has 13 nitrogen and oxygen atoms in total. The van der Waals surface area contributed by atoms with Crippen LogP contribution in [0.3, 0.4) is 0 Å². The Morgan fingerprint density at radius 3 is 2.36 bits per heavy atom. The summed E-state index contributed by atoms with van der Waals surface area (Å²) < 4.78 is 72.6. The predicted octanol–water partition coefficient (Wildman–Crippen LogP) is 7.51. The van der Waals surface area contributed by atoms with Gasteiger partial charge in [0, 0.05) is 60.9 Å². The van der Waals surface area contributed by atoms with Crippen LogP contribution < -0.4 is 20.7 Å². The summed E-state index contributed by atoms with van der Waals surface area (Å²) in [6.07, 6.45) is -1.39. The highest BCUT2D eigenvalue weighted by Gasteiger charge is 2.45. The van der Waals surface area contributed by atoms with Crippen molar-refractivity contribution in [2.45, 2.75) is 101 Å². The number of ether oxygens (including phenoxy) is 2. The van der Waals surface area contributed by atoms with E-state index in [1.54, 1.807) is 54.7 Å². The number of methoxy groups -OCH3 is 1. The Hall–Kier alpha value is -5.23. The average Bonchev–Trinajstić information content (AvgIpc) is 3.61. The van der Waals surface area contributed by atoms with Crippen LogP contribution in [-0.4, -0.2) is 99.6 Å². The number of nitrogens with one attached hydrogen (secondary N) is 3. The Kier molecular flexibility index (Phi) is 15.3. The quantitative estimate of drug-likeness (QED) is 0.117. The number of aromatic nitrogens is 2. The summed E-state index contributed by atoms with van der Waals surface area (Å²) in [7, 11) is 3.25. The Morgan fingerprint density at radius 2 is 1.70 bits per heavy atom. The summed E-state index contributed by atoms with van der Waals surface area (Å²) >= 11 is 12.5. The molecule has 1 aromatic heterocycles. The molecule has 4 amide bonds. The fraction of sp³-hybridized carbons (Fsp3) is 0.468. The maximum Gasteiger partial charge on any atom is 0.389 e. The first kappa shape index (κ1) is 48.7. The van der Waals surface area contributed by atoms with Gasteiger partial charge < -0.3 is 39.8 Å². The lowest BCUT2D eigenvalue weighted by molar-refractivity contribution is -0.164. The summed E-state index contributed by atoms with van der Waals surface area (Å²) in [4.78, 5) is 63.9. The van der Waals surface area contributed by atoms with Gasteiger partial charge >= 0.3 is 6.18 Å². The number of hydrogen-bond acceptors (Lipinski definition) is 8. The second-order valence-corrected chi connectivity index (χ2v) is 18.4. The number of benzene rings is 3. The van der Waals surface area contributed by atoms with Crippen LogP contribution in [0.1, 0.15) is 68.8 Å². The summed E-state index contributed by atoms with van der Waals surface area (Å²) in [5, 5.41) is 9.58. The van der Waals surface area contributed by atoms with Gasteiger partial charge in [0.2, 0.25) is 23.6 Å². The van der Waals surface area contributed by atoms with Crippen molar-refractivity contribution in [2.75, 3.05) is 26.8 Å². The molecule has 1 aliphatic carbocycles. The molecule has 3 N–H and O–H groups in total. The Balaban J connectivity index is 1.19. The van der Waals surface area contributed by atoms with Crippen LogP contribution >= 0.6 is 23.2 Å². The number of halogens is 6. The van der Waals surface area contributed by atoms with Gasteiger partial charge in [0.15, 0.2) is 0 Å². The molecule has 7 rings (SSSR count). The van der Waals surface area contributed by atoms with Crippen LogP contribution in [0.5, 0.6) is 11.5 Å². The van der Waals surface area contributed by atoms with Crippen LogP contribution in [0.15, 0.2) is 66.9 Å². The van der Waals surface area contributed by atoms with Crippen molar-refractivity contribution in [3.63, 3.8) is 0 Å². The van der Waals surface area contributed by atoms with E-state index in [9.17, 15) is 32.3 Å². The minimum absolute atomic E-state index is 0.0585. The third kappa shape index (κ3) is 11.8. The predicted molar refractivity (Wildman–Crippen MR) is 239 cm³/mol. The molecule has 354 valence electrons. The van der Waals surface area contributed by atoms with Crippen LogP contribution in [0, 0.1) is 11.7 Å². The number of rotatable bonds is 13. The Bertz CT molecular complexity index is 2400. The molecule has 0 radical (unpaired) electrons. The van der Waals surface area contributed by atoms with E-state index in [4.69, 9.17) is 32.7 Å². The minimum Gasteiger partial charge on any atom is -0.457 e. The van der Waals surface area contributed by atoms with E-state index >= 15 is 4.39 Å². The van der Waals surface area contributed by atoms with Gasteiger partial charge in [-0.2, -0.15) is 13.2 Å². The zero-order chi connectivity index (χ0) is 47.3. The molecule has 4 aromatic rings. The van der Waals surface area contributed by atoms with E-state index in [1.165, 1.54) is 31.4 Å². The standard InChI is InChI=1S/C47H53Cl2F4N7O6/c1-28-43(62)56-38(26-65-3)44(63)57-46(21-29-8-12-32(48)13-9-29)16-5-17-59(27-46)45(64)31(22-47(51,52)53)18-42(61)60(28)25-36-37(50)19-33(49)20-40(36)66-35-14-10-30(11-15-35)39-23-55-41(58(39)2)24-54-34-6-4-7-34/h8-15,19-20,23,28,31,34,38,54H,4-7,16-18,21-22,24-27H2,1-3H3,(H,56,62)(H,57,63)/t28-,31-,38-,46+/m0/s1. The van der Waals surface area contributed by atoms with Crippen molar-refractivity contribution >= 4 is 46.8 Å². The van der Waals surface area contributed by atoms with E-state index in [-0.39, 0.29) is 48.2 Å². The van der Waals surface area contributed by atoms with E-state index in [1.807, 2.05) is 11.6 Å². The number of carbonyl (C=O) groups excluding carboxylic acids is 4. The Labute approximate surface area is 390 Å². The van der Waals surface area contributed by atoms with Gasteiger partial charge in [0.25, 0.3) is 0 Å². The molecular weight excluding hydrogens is 905 g/mol. The molecule has 0 unspecified atom stereocenters. The van der Waals surface area contributed by atoms with E-state index < -0.39 is 78.5 Å². The summed E-state index contributed by atoms with van der Waals surface area (Å²) in [5.74, 6) is -5.43. The van der Waals surface area contributed by atoms with Crippen molar-refractivity contribution in [1.29, 1.82) is 0 Å². The molecule has 2 aliphatic heterocycles. The van der Waals surface area contributed by atoms with Gasteiger partial charge in [-0.3, -0.25) is 19.2 Å². The molecule has 3 aliphatic rings. The molecule has 2 bridgehead atoms. The number of alkyl halides is 3. The molecule has 3 aromatic carbocycles. The van der Waals surface area contributed by atoms with Crippen LogP contribution in [0.25, 0.3) is 11.3 Å².